The summed E-state index contributed by atoms with van der Waals surface area (Å²) in [5.74, 6) is 0. The Hall–Kier alpha value is -2.53. The number of hydrogen-bond acceptors (Lipinski definition) is 3. The third kappa shape index (κ3) is 2.83. The quantitative estimate of drug-likeness (QED) is 0.557. The van der Waals surface area contributed by atoms with Gasteiger partial charge in [0, 0.05) is 24.8 Å². The Morgan fingerprint density at radius 2 is 1.96 bits per heavy atom. The molecule has 0 aliphatic heterocycles. The molecule has 0 aliphatic rings. The van der Waals surface area contributed by atoms with Crippen LogP contribution in [0.15, 0.2) is 66.3 Å². The molecule has 1 aromatic carbocycles. The molecular formula is C19H18N4S. The van der Waals surface area contributed by atoms with Crippen LogP contribution < -0.4 is 0 Å². The number of pyridine rings is 1. The molecule has 0 amide bonds. The van der Waals surface area contributed by atoms with Crippen LogP contribution in [0.3, 0.4) is 0 Å². The molecule has 3 aromatic heterocycles. The van der Waals surface area contributed by atoms with Crippen molar-refractivity contribution in [2.75, 3.05) is 0 Å². The fourth-order valence-corrected chi connectivity index (χ4v) is 3.77. The summed E-state index contributed by atoms with van der Waals surface area (Å²) in [5, 5.41) is 0.991. The number of rotatable bonds is 4. The number of benzene rings is 1. The van der Waals surface area contributed by atoms with Crippen molar-refractivity contribution in [2.45, 2.75) is 24.3 Å². The van der Waals surface area contributed by atoms with Crippen molar-refractivity contribution in [3.8, 4) is 0 Å². The van der Waals surface area contributed by atoms with Crippen LogP contribution in [-0.2, 0) is 0 Å². The van der Waals surface area contributed by atoms with Crippen LogP contribution in [0.1, 0.15) is 27.6 Å². The van der Waals surface area contributed by atoms with Gasteiger partial charge in [0.15, 0.2) is 5.16 Å². The first-order valence-corrected chi connectivity index (χ1v) is 8.75. The lowest BCUT2D eigenvalue weighted by atomic mass is 10.1. The number of aromatic nitrogens is 4. The molecule has 4 nitrogen and oxygen atoms in total. The number of nitrogens with one attached hydrogen (secondary N) is 1. The molecule has 4 rings (SSSR count). The zero-order valence-corrected chi connectivity index (χ0v) is 14.4. The van der Waals surface area contributed by atoms with Crippen LogP contribution in [0.25, 0.3) is 5.65 Å². The first-order chi connectivity index (χ1) is 11.7. The number of aryl methyl sites for hydroxylation is 2. The highest BCUT2D eigenvalue weighted by molar-refractivity contribution is 7.99. The molecular weight excluding hydrogens is 316 g/mol. The van der Waals surface area contributed by atoms with Gasteiger partial charge in [-0.25, -0.2) is 9.97 Å². The number of fused-ring (bicyclic) bond motifs is 1. The van der Waals surface area contributed by atoms with Gasteiger partial charge in [0.25, 0.3) is 0 Å². The number of aromatic amines is 1. The lowest BCUT2D eigenvalue weighted by molar-refractivity contribution is 1.02. The van der Waals surface area contributed by atoms with Crippen LogP contribution in [0.4, 0.5) is 0 Å². The van der Waals surface area contributed by atoms with Crippen molar-refractivity contribution < 1.29 is 0 Å². The third-order valence-electron chi connectivity index (χ3n) is 4.05. The summed E-state index contributed by atoms with van der Waals surface area (Å²) < 4.78 is 2.09. The van der Waals surface area contributed by atoms with E-state index in [1.807, 2.05) is 18.5 Å². The van der Waals surface area contributed by atoms with Crippen molar-refractivity contribution in [1.29, 1.82) is 0 Å². The van der Waals surface area contributed by atoms with E-state index in [-0.39, 0.29) is 5.25 Å². The van der Waals surface area contributed by atoms with E-state index in [4.69, 9.17) is 4.98 Å². The zero-order chi connectivity index (χ0) is 16.5. The van der Waals surface area contributed by atoms with Gasteiger partial charge in [0.1, 0.15) is 5.65 Å². The highest BCUT2D eigenvalue weighted by atomic mass is 32.2. The van der Waals surface area contributed by atoms with Crippen molar-refractivity contribution in [2.24, 2.45) is 0 Å². The maximum Gasteiger partial charge on any atom is 0.166 e. The maximum absolute atomic E-state index is 4.89. The van der Waals surface area contributed by atoms with Gasteiger partial charge >= 0.3 is 0 Å². The smallest absolute Gasteiger partial charge is 0.166 e. The van der Waals surface area contributed by atoms with Crippen LogP contribution >= 0.6 is 11.8 Å². The predicted octanol–water partition coefficient (Wildman–Crippen LogP) is 4.56. The van der Waals surface area contributed by atoms with E-state index < -0.39 is 0 Å². The average molecular weight is 334 g/mol. The second kappa shape index (κ2) is 6.17. The van der Waals surface area contributed by atoms with Gasteiger partial charge in [-0.2, -0.15) is 0 Å². The Kier molecular flexibility index (Phi) is 3.86. The second-order valence-electron chi connectivity index (χ2n) is 5.89. The van der Waals surface area contributed by atoms with Gasteiger partial charge in [-0.1, -0.05) is 47.7 Å². The highest BCUT2D eigenvalue weighted by Crippen LogP contribution is 2.38. The molecule has 0 fully saturated rings. The summed E-state index contributed by atoms with van der Waals surface area (Å²) in [4.78, 5) is 12.4. The van der Waals surface area contributed by atoms with Crippen molar-refractivity contribution in [1.82, 2.24) is 19.4 Å². The number of H-pyrrole nitrogens is 1. The van der Waals surface area contributed by atoms with E-state index in [0.717, 1.165) is 16.5 Å². The summed E-state index contributed by atoms with van der Waals surface area (Å²) >= 11 is 1.69. The molecule has 1 N–H and O–H groups in total. The van der Waals surface area contributed by atoms with E-state index in [0.29, 0.717) is 0 Å². The van der Waals surface area contributed by atoms with Gasteiger partial charge in [-0.15, -0.1) is 0 Å². The lowest BCUT2D eigenvalue weighted by Gasteiger charge is -2.13. The topological polar surface area (TPSA) is 46.0 Å². The molecule has 4 aromatic rings. The van der Waals surface area contributed by atoms with E-state index in [9.17, 15) is 0 Å². The Morgan fingerprint density at radius 3 is 2.67 bits per heavy atom. The van der Waals surface area contributed by atoms with Crippen LogP contribution in [0, 0.1) is 13.8 Å². The SMILES string of the molecule is Cc1ccc(C(Sc2ncc[nH]2)c2cn3cccc(C)c3n2)cc1. The maximum atomic E-state index is 4.89. The van der Waals surface area contributed by atoms with E-state index in [2.05, 4.69) is 64.7 Å². The average Bonchev–Trinajstić information content (AvgIpc) is 3.23. The molecule has 0 aliphatic carbocycles. The summed E-state index contributed by atoms with van der Waals surface area (Å²) in [6.45, 7) is 4.19. The first kappa shape index (κ1) is 15.0. The molecule has 0 radical (unpaired) electrons. The van der Waals surface area contributed by atoms with Gasteiger partial charge < -0.3 is 9.38 Å². The monoisotopic (exact) mass is 334 g/mol. The molecule has 0 spiro atoms. The zero-order valence-electron chi connectivity index (χ0n) is 13.6. The Bertz CT molecular complexity index is 955. The number of nitrogens with zero attached hydrogens (tertiary/aromatic N) is 3. The van der Waals surface area contributed by atoms with Gasteiger partial charge in [-0.05, 0) is 31.0 Å². The minimum Gasteiger partial charge on any atom is -0.340 e. The largest absolute Gasteiger partial charge is 0.340 e. The van der Waals surface area contributed by atoms with Crippen LogP contribution in [0.5, 0.6) is 0 Å². The van der Waals surface area contributed by atoms with Gasteiger partial charge in [-0.3, -0.25) is 0 Å². The van der Waals surface area contributed by atoms with Gasteiger partial charge in [0.05, 0.1) is 10.9 Å². The minimum atomic E-state index is 0.0936. The van der Waals surface area contributed by atoms with Crippen molar-refractivity contribution in [3.05, 3.63) is 83.6 Å². The number of hydrogen-bond donors (Lipinski definition) is 1. The van der Waals surface area contributed by atoms with E-state index in [1.165, 1.54) is 16.7 Å². The number of thioether (sulfide) groups is 1. The van der Waals surface area contributed by atoms with Crippen LogP contribution in [0.2, 0.25) is 0 Å². The van der Waals surface area contributed by atoms with E-state index in [1.54, 1.807) is 18.0 Å². The second-order valence-corrected chi connectivity index (χ2v) is 6.98. The summed E-state index contributed by atoms with van der Waals surface area (Å²) in [6, 6.07) is 12.8. The molecule has 0 saturated heterocycles. The molecule has 24 heavy (non-hydrogen) atoms. The molecule has 3 heterocycles. The molecule has 1 atom stereocenters. The van der Waals surface area contributed by atoms with Crippen LogP contribution in [-0.4, -0.2) is 19.4 Å². The number of imidazole rings is 2. The fraction of sp³-hybridized carbons (Fsp3) is 0.158. The predicted molar refractivity (Wildman–Crippen MR) is 97.4 cm³/mol. The summed E-state index contributed by atoms with van der Waals surface area (Å²) in [6.07, 6.45) is 7.79. The normalized spacial score (nSPS) is 12.6. The fourth-order valence-electron chi connectivity index (χ4n) is 2.77. The lowest BCUT2D eigenvalue weighted by Crippen LogP contribution is -1.98. The van der Waals surface area contributed by atoms with Crippen molar-refractivity contribution in [3.63, 3.8) is 0 Å². The Labute approximate surface area is 145 Å². The molecule has 0 saturated carbocycles. The molecule has 1 unspecified atom stereocenters. The Balaban J connectivity index is 1.81. The third-order valence-corrected chi connectivity index (χ3v) is 5.24. The summed E-state index contributed by atoms with van der Waals surface area (Å²) in [5.41, 5.74) is 5.70. The van der Waals surface area contributed by atoms with Crippen molar-refractivity contribution >= 4 is 17.4 Å². The molecule has 0 bridgehead atoms. The summed E-state index contributed by atoms with van der Waals surface area (Å²) in [7, 11) is 0. The van der Waals surface area contributed by atoms with Gasteiger partial charge in [0.2, 0.25) is 0 Å². The minimum absolute atomic E-state index is 0.0936. The first-order valence-electron chi connectivity index (χ1n) is 7.87. The van der Waals surface area contributed by atoms with E-state index >= 15 is 0 Å². The molecule has 120 valence electrons. The standard InChI is InChI=1S/C19H18N4S/c1-13-5-7-15(8-6-13)17(24-19-20-9-10-21-19)16-12-23-11-3-4-14(2)18(23)22-16/h3-12,17H,1-2H3,(H,20,21). The Morgan fingerprint density at radius 1 is 1.12 bits per heavy atom. The highest BCUT2D eigenvalue weighted by Gasteiger charge is 2.20. The molecule has 5 heteroatoms.